The number of nitrogens with zero attached hydrogens (tertiary/aromatic N) is 2. The van der Waals surface area contributed by atoms with Crippen LogP contribution in [0, 0.1) is 0 Å². The second-order valence-electron chi connectivity index (χ2n) is 6.29. The molecule has 0 aliphatic rings. The third-order valence-electron chi connectivity index (χ3n) is 4.19. The van der Waals surface area contributed by atoms with Crippen molar-refractivity contribution in [2.24, 2.45) is 0 Å². The quantitative estimate of drug-likeness (QED) is 0.569. The van der Waals surface area contributed by atoms with Gasteiger partial charge in [0.15, 0.2) is 0 Å². The van der Waals surface area contributed by atoms with Crippen LogP contribution in [0.2, 0.25) is 0 Å². The van der Waals surface area contributed by atoms with Crippen molar-refractivity contribution in [1.29, 1.82) is 0 Å². The van der Waals surface area contributed by atoms with Gasteiger partial charge in [0.05, 0.1) is 41.6 Å². The van der Waals surface area contributed by atoms with Crippen molar-refractivity contribution in [3.05, 3.63) is 70.8 Å². The van der Waals surface area contributed by atoms with Gasteiger partial charge in [0.2, 0.25) is 11.8 Å². The Morgan fingerprint density at radius 1 is 1.03 bits per heavy atom. The summed E-state index contributed by atoms with van der Waals surface area (Å²) in [5.41, 5.74) is 0.695. The number of benzene rings is 2. The molecular formula is C21H20N4O5. The van der Waals surface area contributed by atoms with E-state index in [9.17, 15) is 19.2 Å². The van der Waals surface area contributed by atoms with Gasteiger partial charge in [-0.05, 0) is 31.2 Å². The number of carbonyl (C=O) groups is 3. The fraction of sp³-hybridized carbons (Fsp3) is 0.190. The van der Waals surface area contributed by atoms with Gasteiger partial charge in [-0.1, -0.05) is 24.3 Å². The lowest BCUT2D eigenvalue weighted by Gasteiger charge is -2.11. The number of carbonyl (C=O) groups excluding carboxylic acids is 3. The molecule has 0 atom stereocenters. The summed E-state index contributed by atoms with van der Waals surface area (Å²) in [6.07, 6.45) is 1.29. The third kappa shape index (κ3) is 4.88. The first-order valence-corrected chi connectivity index (χ1v) is 9.26. The van der Waals surface area contributed by atoms with Crippen LogP contribution in [-0.4, -0.2) is 40.5 Å². The number of aromatic nitrogens is 2. The van der Waals surface area contributed by atoms with Crippen LogP contribution in [-0.2, 0) is 20.9 Å². The highest BCUT2D eigenvalue weighted by Gasteiger charge is 2.15. The van der Waals surface area contributed by atoms with Crippen molar-refractivity contribution < 1.29 is 19.1 Å². The minimum absolute atomic E-state index is 0.209. The highest BCUT2D eigenvalue weighted by Crippen LogP contribution is 2.16. The van der Waals surface area contributed by atoms with Crippen molar-refractivity contribution >= 4 is 34.4 Å². The molecule has 1 heterocycles. The number of amides is 2. The van der Waals surface area contributed by atoms with Crippen LogP contribution in [0.4, 0.5) is 5.69 Å². The zero-order valence-corrected chi connectivity index (χ0v) is 16.3. The van der Waals surface area contributed by atoms with Crippen LogP contribution in [0.5, 0.6) is 0 Å². The molecule has 2 N–H and O–H groups in total. The van der Waals surface area contributed by atoms with E-state index in [4.69, 9.17) is 4.74 Å². The second kappa shape index (κ2) is 9.46. The van der Waals surface area contributed by atoms with E-state index in [1.165, 1.54) is 17.0 Å². The minimum atomic E-state index is -0.555. The fourth-order valence-corrected chi connectivity index (χ4v) is 2.78. The van der Waals surface area contributed by atoms with Gasteiger partial charge in [0.1, 0.15) is 6.54 Å². The van der Waals surface area contributed by atoms with Gasteiger partial charge in [-0.2, -0.15) is 0 Å². The summed E-state index contributed by atoms with van der Waals surface area (Å²) < 4.78 is 6.13. The Kier molecular flexibility index (Phi) is 6.53. The van der Waals surface area contributed by atoms with Crippen LogP contribution >= 0.6 is 0 Å². The van der Waals surface area contributed by atoms with E-state index in [1.54, 1.807) is 49.4 Å². The van der Waals surface area contributed by atoms with E-state index in [0.29, 0.717) is 10.9 Å². The molecule has 2 aromatic carbocycles. The number of esters is 1. The molecule has 9 heteroatoms. The summed E-state index contributed by atoms with van der Waals surface area (Å²) in [5, 5.41) is 5.42. The van der Waals surface area contributed by atoms with Crippen LogP contribution in [0.1, 0.15) is 17.3 Å². The summed E-state index contributed by atoms with van der Waals surface area (Å²) in [5.74, 6) is -1.60. The molecule has 3 rings (SSSR count). The highest BCUT2D eigenvalue weighted by molar-refractivity contribution is 6.02. The maximum atomic E-state index is 12.4. The van der Waals surface area contributed by atoms with Crippen LogP contribution in [0.3, 0.4) is 0 Å². The summed E-state index contributed by atoms with van der Waals surface area (Å²) in [7, 11) is 0. The smallest absolute Gasteiger partial charge is 0.340 e. The normalized spacial score (nSPS) is 10.4. The molecule has 0 fully saturated rings. The largest absolute Gasteiger partial charge is 0.462 e. The lowest BCUT2D eigenvalue weighted by molar-refractivity contribution is -0.124. The van der Waals surface area contributed by atoms with E-state index in [1.807, 2.05) is 0 Å². The zero-order chi connectivity index (χ0) is 21.5. The zero-order valence-electron chi connectivity index (χ0n) is 16.3. The van der Waals surface area contributed by atoms with Gasteiger partial charge in [-0.15, -0.1) is 0 Å². The average Bonchev–Trinajstić information content (AvgIpc) is 2.75. The van der Waals surface area contributed by atoms with Crippen LogP contribution in [0.15, 0.2) is 59.7 Å². The molecule has 1 aromatic heterocycles. The number of para-hydroxylation sites is 2. The second-order valence-corrected chi connectivity index (χ2v) is 6.29. The predicted molar refractivity (Wildman–Crippen MR) is 110 cm³/mol. The van der Waals surface area contributed by atoms with Gasteiger partial charge >= 0.3 is 5.97 Å². The number of rotatable bonds is 7. The number of fused-ring (bicyclic) bond motifs is 1. The molecule has 3 aromatic rings. The Bertz CT molecular complexity index is 1160. The van der Waals surface area contributed by atoms with E-state index >= 15 is 0 Å². The summed E-state index contributed by atoms with van der Waals surface area (Å²) >= 11 is 0. The van der Waals surface area contributed by atoms with Crippen LogP contribution in [0.25, 0.3) is 10.9 Å². The topological polar surface area (TPSA) is 119 Å². The number of ether oxygens (including phenoxy) is 1. The van der Waals surface area contributed by atoms with Crippen molar-refractivity contribution in [3.8, 4) is 0 Å². The Labute approximate surface area is 171 Å². The van der Waals surface area contributed by atoms with Gasteiger partial charge in [0.25, 0.3) is 5.56 Å². The average molecular weight is 408 g/mol. The molecule has 154 valence electrons. The Balaban J connectivity index is 1.59. The molecule has 0 spiro atoms. The molecule has 0 bridgehead atoms. The molecule has 0 aliphatic carbocycles. The molecule has 0 radical (unpaired) electrons. The van der Waals surface area contributed by atoms with Gasteiger partial charge in [-0.3, -0.25) is 19.0 Å². The number of anilines is 1. The van der Waals surface area contributed by atoms with E-state index in [-0.39, 0.29) is 36.5 Å². The van der Waals surface area contributed by atoms with Gasteiger partial charge in [0, 0.05) is 0 Å². The summed E-state index contributed by atoms with van der Waals surface area (Å²) in [4.78, 5) is 52.9. The highest BCUT2D eigenvalue weighted by atomic mass is 16.5. The predicted octanol–water partition coefficient (Wildman–Crippen LogP) is 1.33. The first-order valence-electron chi connectivity index (χ1n) is 9.26. The first kappa shape index (κ1) is 20.7. The monoisotopic (exact) mass is 408 g/mol. The SMILES string of the molecule is CCOC(=O)c1ccccc1NC(=O)CNC(=O)Cn1cnc2ccccc2c1=O. The Morgan fingerprint density at radius 3 is 2.57 bits per heavy atom. The lowest BCUT2D eigenvalue weighted by Crippen LogP contribution is -2.37. The van der Waals surface area contributed by atoms with E-state index < -0.39 is 17.8 Å². The lowest BCUT2D eigenvalue weighted by atomic mass is 10.2. The molecular weight excluding hydrogens is 388 g/mol. The number of hydrogen-bond donors (Lipinski definition) is 2. The molecule has 0 unspecified atom stereocenters. The third-order valence-corrected chi connectivity index (χ3v) is 4.19. The van der Waals surface area contributed by atoms with E-state index in [2.05, 4.69) is 15.6 Å². The van der Waals surface area contributed by atoms with Crippen molar-refractivity contribution in [2.75, 3.05) is 18.5 Å². The summed E-state index contributed by atoms with van der Waals surface area (Å²) in [6.45, 7) is 1.29. The Hall–Kier alpha value is -4.01. The van der Waals surface area contributed by atoms with Gasteiger partial charge < -0.3 is 15.4 Å². The number of hydrogen-bond acceptors (Lipinski definition) is 6. The van der Waals surface area contributed by atoms with Crippen molar-refractivity contribution in [2.45, 2.75) is 13.5 Å². The van der Waals surface area contributed by atoms with E-state index in [0.717, 1.165) is 0 Å². The molecule has 0 saturated carbocycles. The Morgan fingerprint density at radius 2 is 1.77 bits per heavy atom. The molecule has 2 amide bonds. The maximum absolute atomic E-state index is 12.4. The molecule has 9 nitrogen and oxygen atoms in total. The maximum Gasteiger partial charge on any atom is 0.340 e. The fourth-order valence-electron chi connectivity index (χ4n) is 2.78. The van der Waals surface area contributed by atoms with Crippen molar-refractivity contribution in [3.63, 3.8) is 0 Å². The van der Waals surface area contributed by atoms with Crippen LogP contribution < -0.4 is 16.2 Å². The summed E-state index contributed by atoms with van der Waals surface area (Å²) in [6, 6.07) is 13.2. The molecule has 30 heavy (non-hydrogen) atoms. The number of nitrogens with one attached hydrogen (secondary N) is 2. The van der Waals surface area contributed by atoms with Crippen molar-refractivity contribution in [1.82, 2.24) is 14.9 Å². The molecule has 0 saturated heterocycles. The van der Waals surface area contributed by atoms with Gasteiger partial charge in [-0.25, -0.2) is 9.78 Å². The molecule has 0 aliphatic heterocycles. The standard InChI is InChI=1S/C21H20N4O5/c1-2-30-21(29)15-8-4-6-10-17(15)24-18(26)11-22-19(27)12-25-13-23-16-9-5-3-7-14(16)20(25)28/h3-10,13H,2,11-12H2,1H3,(H,22,27)(H,24,26). The first-order chi connectivity index (χ1) is 14.5. The minimum Gasteiger partial charge on any atom is -0.462 e.